The Morgan fingerprint density at radius 3 is 2.29 bits per heavy atom. The van der Waals surface area contributed by atoms with Gasteiger partial charge in [0.2, 0.25) is 0 Å². The summed E-state index contributed by atoms with van der Waals surface area (Å²) < 4.78 is 42.0. The fourth-order valence-electron chi connectivity index (χ4n) is 1.51. The van der Waals surface area contributed by atoms with E-state index in [4.69, 9.17) is 9.47 Å². The summed E-state index contributed by atoms with van der Waals surface area (Å²) in [5.41, 5.74) is -0.447. The summed E-state index contributed by atoms with van der Waals surface area (Å²) in [6.07, 6.45) is 0.0394. The minimum Gasteiger partial charge on any atom is -0.493 e. The van der Waals surface area contributed by atoms with Crippen molar-refractivity contribution in [3.05, 3.63) is 17.7 Å². The highest BCUT2D eigenvalue weighted by Gasteiger charge is 2.19. The minimum absolute atomic E-state index is 0.0469. The first kappa shape index (κ1) is 16.7. The highest BCUT2D eigenvalue weighted by molar-refractivity contribution is 5.83. The number of carbonyl (C=O) groups is 2. The maximum atomic E-state index is 13.9. The van der Waals surface area contributed by atoms with Crippen LogP contribution in [0.4, 0.5) is 14.5 Å². The SMILES string of the molecule is COc1cc(OC)c(F)c(NCCOC(=O)CC=O)c1F. The second-order valence-corrected chi connectivity index (χ2v) is 3.80. The number of hydrogen-bond donors (Lipinski definition) is 1. The molecule has 0 aromatic heterocycles. The number of aldehydes is 1. The number of rotatable bonds is 8. The third-order valence-electron chi connectivity index (χ3n) is 2.49. The van der Waals surface area contributed by atoms with Gasteiger partial charge in [-0.2, -0.15) is 0 Å². The van der Waals surface area contributed by atoms with E-state index in [1.54, 1.807) is 0 Å². The Morgan fingerprint density at radius 1 is 1.24 bits per heavy atom. The van der Waals surface area contributed by atoms with Gasteiger partial charge in [-0.15, -0.1) is 0 Å². The van der Waals surface area contributed by atoms with Crippen LogP contribution in [-0.2, 0) is 14.3 Å². The fourth-order valence-corrected chi connectivity index (χ4v) is 1.51. The van der Waals surface area contributed by atoms with Crippen molar-refractivity contribution in [2.45, 2.75) is 6.42 Å². The molecule has 1 aromatic carbocycles. The van der Waals surface area contributed by atoms with Gasteiger partial charge in [-0.1, -0.05) is 0 Å². The monoisotopic (exact) mass is 303 g/mol. The van der Waals surface area contributed by atoms with Gasteiger partial charge in [0.15, 0.2) is 23.1 Å². The number of benzene rings is 1. The van der Waals surface area contributed by atoms with E-state index in [9.17, 15) is 18.4 Å². The van der Waals surface area contributed by atoms with Crippen LogP contribution >= 0.6 is 0 Å². The number of methoxy groups -OCH3 is 2. The standard InChI is InChI=1S/C13H15F2NO5/c1-19-8-7-9(20-2)12(15)13(11(8)14)16-4-6-21-10(18)3-5-17/h5,7,16H,3-4,6H2,1-2H3. The predicted octanol–water partition coefficient (Wildman–Crippen LogP) is 1.53. The number of nitrogens with one attached hydrogen (secondary N) is 1. The summed E-state index contributed by atoms with van der Waals surface area (Å²) in [5.74, 6) is -2.93. The molecule has 0 amide bonds. The van der Waals surface area contributed by atoms with Gasteiger partial charge in [-0.05, 0) is 0 Å². The quantitative estimate of drug-likeness (QED) is 0.340. The van der Waals surface area contributed by atoms with Crippen LogP contribution in [0.2, 0.25) is 0 Å². The maximum Gasteiger partial charge on any atom is 0.313 e. The van der Waals surface area contributed by atoms with E-state index in [0.717, 1.165) is 6.07 Å². The Labute approximate surface area is 120 Å². The van der Waals surface area contributed by atoms with Gasteiger partial charge < -0.3 is 24.3 Å². The molecule has 0 fully saturated rings. The van der Waals surface area contributed by atoms with E-state index in [0.29, 0.717) is 6.29 Å². The molecular formula is C13H15F2NO5. The van der Waals surface area contributed by atoms with Gasteiger partial charge in [0, 0.05) is 12.6 Å². The molecule has 0 heterocycles. The Balaban J connectivity index is 2.74. The molecule has 0 aliphatic heterocycles. The molecule has 0 aliphatic carbocycles. The van der Waals surface area contributed by atoms with E-state index < -0.39 is 23.3 Å². The predicted molar refractivity (Wildman–Crippen MR) is 69.6 cm³/mol. The highest BCUT2D eigenvalue weighted by atomic mass is 19.1. The number of halogens is 2. The Bertz CT molecular complexity index is 494. The Kier molecular flexibility index (Phi) is 6.38. The van der Waals surface area contributed by atoms with Gasteiger partial charge in [0.1, 0.15) is 25.0 Å². The number of hydrogen-bond acceptors (Lipinski definition) is 6. The third-order valence-corrected chi connectivity index (χ3v) is 2.49. The van der Waals surface area contributed by atoms with E-state index in [1.807, 2.05) is 0 Å². The zero-order chi connectivity index (χ0) is 15.8. The molecule has 8 heteroatoms. The van der Waals surface area contributed by atoms with Crippen LogP contribution in [0.25, 0.3) is 0 Å². The molecular weight excluding hydrogens is 288 g/mol. The van der Waals surface area contributed by atoms with Crippen molar-refractivity contribution >= 4 is 17.9 Å². The average Bonchev–Trinajstić information content (AvgIpc) is 2.47. The second kappa shape index (κ2) is 8.03. The summed E-state index contributed by atoms with van der Waals surface area (Å²) >= 11 is 0. The molecule has 116 valence electrons. The largest absolute Gasteiger partial charge is 0.493 e. The lowest BCUT2D eigenvalue weighted by Gasteiger charge is -2.14. The highest BCUT2D eigenvalue weighted by Crippen LogP contribution is 2.34. The third kappa shape index (κ3) is 4.30. The molecule has 0 radical (unpaired) electrons. The molecule has 1 rings (SSSR count). The van der Waals surface area contributed by atoms with Gasteiger partial charge in [0.25, 0.3) is 0 Å². The second-order valence-electron chi connectivity index (χ2n) is 3.80. The van der Waals surface area contributed by atoms with E-state index in [-0.39, 0.29) is 31.1 Å². The Morgan fingerprint density at radius 2 is 1.81 bits per heavy atom. The first-order valence-electron chi connectivity index (χ1n) is 5.98. The van der Waals surface area contributed by atoms with Crippen LogP contribution in [0, 0.1) is 11.6 Å². The normalized spacial score (nSPS) is 9.90. The molecule has 0 saturated carbocycles. The molecule has 6 nitrogen and oxygen atoms in total. The number of carbonyl (C=O) groups excluding carboxylic acids is 2. The summed E-state index contributed by atoms with van der Waals surface area (Å²) in [5, 5.41) is 2.45. The summed E-state index contributed by atoms with van der Waals surface area (Å²) in [6, 6.07) is 1.08. The molecule has 1 aromatic rings. The molecule has 0 bridgehead atoms. The summed E-state index contributed by atoms with van der Waals surface area (Å²) in [4.78, 5) is 21.0. The van der Waals surface area contributed by atoms with Crippen molar-refractivity contribution in [2.24, 2.45) is 0 Å². The molecule has 0 aliphatic rings. The number of anilines is 1. The van der Waals surface area contributed by atoms with Gasteiger partial charge in [-0.25, -0.2) is 8.78 Å². The average molecular weight is 303 g/mol. The van der Waals surface area contributed by atoms with Crippen molar-refractivity contribution in [1.29, 1.82) is 0 Å². The molecule has 0 unspecified atom stereocenters. The lowest BCUT2D eigenvalue weighted by Crippen LogP contribution is -2.15. The van der Waals surface area contributed by atoms with Crippen molar-refractivity contribution in [3.8, 4) is 11.5 Å². The van der Waals surface area contributed by atoms with Crippen LogP contribution in [0.3, 0.4) is 0 Å². The first-order valence-corrected chi connectivity index (χ1v) is 5.98. The summed E-state index contributed by atoms with van der Waals surface area (Å²) in [7, 11) is 2.47. The van der Waals surface area contributed by atoms with Crippen LogP contribution < -0.4 is 14.8 Å². The lowest BCUT2D eigenvalue weighted by atomic mass is 10.2. The van der Waals surface area contributed by atoms with E-state index in [2.05, 4.69) is 10.1 Å². The topological polar surface area (TPSA) is 73.9 Å². The van der Waals surface area contributed by atoms with Crippen molar-refractivity contribution in [1.82, 2.24) is 0 Å². The molecule has 21 heavy (non-hydrogen) atoms. The van der Waals surface area contributed by atoms with E-state index >= 15 is 0 Å². The van der Waals surface area contributed by atoms with Gasteiger partial charge >= 0.3 is 5.97 Å². The van der Waals surface area contributed by atoms with Crippen LogP contribution in [0.15, 0.2) is 6.07 Å². The lowest BCUT2D eigenvalue weighted by molar-refractivity contribution is -0.144. The fraction of sp³-hybridized carbons (Fsp3) is 0.385. The van der Waals surface area contributed by atoms with Crippen molar-refractivity contribution < 1.29 is 32.6 Å². The van der Waals surface area contributed by atoms with Crippen molar-refractivity contribution in [2.75, 3.05) is 32.7 Å². The van der Waals surface area contributed by atoms with Crippen molar-refractivity contribution in [3.63, 3.8) is 0 Å². The van der Waals surface area contributed by atoms with Crippen LogP contribution in [0.1, 0.15) is 6.42 Å². The van der Waals surface area contributed by atoms with Crippen LogP contribution in [-0.4, -0.2) is 39.6 Å². The molecule has 0 spiro atoms. The number of ether oxygens (including phenoxy) is 3. The number of esters is 1. The maximum absolute atomic E-state index is 13.9. The zero-order valence-corrected chi connectivity index (χ0v) is 11.6. The Hall–Kier alpha value is -2.38. The van der Waals surface area contributed by atoms with Gasteiger partial charge in [-0.3, -0.25) is 4.79 Å². The minimum atomic E-state index is -0.921. The molecule has 0 atom stereocenters. The molecule has 1 N–H and O–H groups in total. The van der Waals surface area contributed by atoms with E-state index in [1.165, 1.54) is 14.2 Å². The smallest absolute Gasteiger partial charge is 0.313 e. The first-order chi connectivity index (χ1) is 10.0. The zero-order valence-electron chi connectivity index (χ0n) is 11.6. The van der Waals surface area contributed by atoms with Crippen LogP contribution in [0.5, 0.6) is 11.5 Å². The van der Waals surface area contributed by atoms with Gasteiger partial charge in [0.05, 0.1) is 14.2 Å². The summed E-state index contributed by atoms with van der Waals surface area (Å²) in [6.45, 7) is -0.195. The molecule has 0 saturated heterocycles.